The molecule has 4 rings (SSSR count). The Labute approximate surface area is 178 Å². The zero-order valence-corrected chi connectivity index (χ0v) is 17.0. The van der Waals surface area contributed by atoms with Crippen molar-refractivity contribution in [2.75, 3.05) is 20.2 Å². The molecule has 1 aliphatic heterocycles. The topological polar surface area (TPSA) is 98.9 Å². The first kappa shape index (κ1) is 21.0. The number of carbonyl (C=O) groups excluding carboxylic acids is 2. The second kappa shape index (κ2) is 8.44. The van der Waals surface area contributed by atoms with Crippen molar-refractivity contribution in [3.8, 4) is 0 Å². The van der Waals surface area contributed by atoms with Crippen LogP contribution in [-0.4, -0.2) is 67.9 Å². The maximum absolute atomic E-state index is 13.3. The van der Waals surface area contributed by atoms with Gasteiger partial charge in [-0.1, -0.05) is 12.1 Å². The van der Waals surface area contributed by atoms with Crippen LogP contribution < -0.4 is 0 Å². The van der Waals surface area contributed by atoms with Gasteiger partial charge in [0.1, 0.15) is 11.5 Å². The van der Waals surface area contributed by atoms with Gasteiger partial charge in [0.2, 0.25) is 0 Å². The minimum atomic E-state index is -0.694. The van der Waals surface area contributed by atoms with Crippen molar-refractivity contribution in [3.05, 3.63) is 65.4 Å². The lowest BCUT2D eigenvalue weighted by Crippen LogP contribution is -2.37. The summed E-state index contributed by atoms with van der Waals surface area (Å²) in [5.74, 6) is -1.26. The summed E-state index contributed by atoms with van der Waals surface area (Å²) in [6.45, 7) is 0.813. The summed E-state index contributed by atoms with van der Waals surface area (Å²) >= 11 is 0. The molecule has 0 bridgehead atoms. The normalized spacial score (nSPS) is 16.1. The Morgan fingerprint density at radius 2 is 2.03 bits per heavy atom. The van der Waals surface area contributed by atoms with E-state index in [1.165, 1.54) is 31.4 Å². The van der Waals surface area contributed by atoms with Gasteiger partial charge < -0.3 is 14.6 Å². The maximum Gasteiger partial charge on any atom is 0.295 e. The molecule has 1 aliphatic rings. The Hall–Kier alpha value is -3.30. The SMILES string of the molecule is CN(O)C(=O)c1cc2c(C(=O)N3CCC[C@@H]3CO)cn(Cc3ccc(F)cc3)c2cn1. The molecule has 2 N–H and O–H groups in total. The van der Waals surface area contributed by atoms with Gasteiger partial charge in [-0.2, -0.15) is 0 Å². The molecule has 1 fully saturated rings. The summed E-state index contributed by atoms with van der Waals surface area (Å²) in [6.07, 6.45) is 4.73. The number of hydrogen-bond acceptors (Lipinski definition) is 5. The van der Waals surface area contributed by atoms with Gasteiger partial charge in [0.15, 0.2) is 0 Å². The van der Waals surface area contributed by atoms with E-state index in [9.17, 15) is 24.3 Å². The highest BCUT2D eigenvalue weighted by molar-refractivity contribution is 6.08. The number of aromatic nitrogens is 2. The number of rotatable bonds is 5. The van der Waals surface area contributed by atoms with Crippen molar-refractivity contribution in [2.24, 2.45) is 0 Å². The smallest absolute Gasteiger partial charge is 0.295 e. The fourth-order valence-corrected chi connectivity index (χ4v) is 4.01. The predicted octanol–water partition coefficient (Wildman–Crippen LogP) is 2.28. The third-order valence-corrected chi connectivity index (χ3v) is 5.63. The van der Waals surface area contributed by atoms with Crippen LogP contribution in [0, 0.1) is 5.82 Å². The molecule has 2 amide bonds. The van der Waals surface area contributed by atoms with Gasteiger partial charge in [-0.15, -0.1) is 0 Å². The quantitative estimate of drug-likeness (QED) is 0.482. The molecule has 31 heavy (non-hydrogen) atoms. The highest BCUT2D eigenvalue weighted by atomic mass is 19.1. The molecule has 9 heteroatoms. The molecular weight excluding hydrogens is 403 g/mol. The molecule has 0 aliphatic carbocycles. The lowest BCUT2D eigenvalue weighted by Gasteiger charge is -2.22. The third-order valence-electron chi connectivity index (χ3n) is 5.63. The van der Waals surface area contributed by atoms with Crippen molar-refractivity contribution in [2.45, 2.75) is 25.4 Å². The van der Waals surface area contributed by atoms with E-state index in [1.54, 1.807) is 23.2 Å². The Kier molecular flexibility index (Phi) is 5.71. The number of likely N-dealkylation sites (tertiary alicyclic amines) is 1. The van der Waals surface area contributed by atoms with E-state index in [0.717, 1.165) is 18.4 Å². The van der Waals surface area contributed by atoms with Gasteiger partial charge in [-0.05, 0) is 36.6 Å². The zero-order valence-electron chi connectivity index (χ0n) is 17.0. The lowest BCUT2D eigenvalue weighted by molar-refractivity contribution is -0.0379. The minimum absolute atomic E-state index is 0.00575. The number of hydrogen-bond donors (Lipinski definition) is 2. The van der Waals surface area contributed by atoms with Crippen LogP contribution in [0.2, 0.25) is 0 Å². The van der Waals surface area contributed by atoms with Crippen LogP contribution in [0.3, 0.4) is 0 Å². The average Bonchev–Trinajstić information content (AvgIpc) is 3.39. The predicted molar refractivity (Wildman–Crippen MR) is 110 cm³/mol. The van der Waals surface area contributed by atoms with Crippen LogP contribution in [0.4, 0.5) is 4.39 Å². The molecule has 0 radical (unpaired) electrons. The van der Waals surface area contributed by atoms with Gasteiger partial charge in [0.25, 0.3) is 11.8 Å². The van der Waals surface area contributed by atoms with Crippen LogP contribution >= 0.6 is 0 Å². The van der Waals surface area contributed by atoms with E-state index >= 15 is 0 Å². The summed E-state index contributed by atoms with van der Waals surface area (Å²) in [7, 11) is 1.20. The molecule has 162 valence electrons. The van der Waals surface area contributed by atoms with Crippen molar-refractivity contribution in [3.63, 3.8) is 0 Å². The number of hydroxylamine groups is 2. The molecule has 1 atom stereocenters. The summed E-state index contributed by atoms with van der Waals surface area (Å²) < 4.78 is 15.1. The standard InChI is InChI=1S/C22H23FN4O4/c1-25(31)22(30)19-9-17-18(21(29)27-8-2-3-16(27)13-28)12-26(20(17)10-24-19)11-14-4-6-15(23)7-5-14/h4-7,9-10,12,16,28,31H,2-3,8,11,13H2,1H3/t16-/m1/s1. The molecular formula is C22H23FN4O4. The number of nitrogens with zero attached hydrogens (tertiary/aromatic N) is 4. The van der Waals surface area contributed by atoms with E-state index < -0.39 is 5.91 Å². The van der Waals surface area contributed by atoms with Crippen molar-refractivity contribution in [1.29, 1.82) is 0 Å². The molecule has 8 nitrogen and oxygen atoms in total. The van der Waals surface area contributed by atoms with Gasteiger partial charge >= 0.3 is 0 Å². The van der Waals surface area contributed by atoms with E-state index in [0.29, 0.717) is 34.6 Å². The van der Waals surface area contributed by atoms with Gasteiger partial charge in [0, 0.05) is 31.7 Å². The summed E-state index contributed by atoms with van der Waals surface area (Å²) in [5, 5.41) is 20.1. The van der Waals surface area contributed by atoms with Crippen LogP contribution in [0.25, 0.3) is 10.9 Å². The summed E-state index contributed by atoms with van der Waals surface area (Å²) in [6, 6.07) is 7.32. The fraction of sp³-hybridized carbons (Fsp3) is 0.318. The molecule has 0 saturated carbocycles. The number of benzene rings is 1. The molecule has 3 aromatic rings. The fourth-order valence-electron chi connectivity index (χ4n) is 4.01. The largest absolute Gasteiger partial charge is 0.394 e. The van der Waals surface area contributed by atoms with Gasteiger partial charge in [0.05, 0.1) is 29.9 Å². The van der Waals surface area contributed by atoms with Crippen LogP contribution in [0.15, 0.2) is 42.7 Å². The first-order valence-electron chi connectivity index (χ1n) is 10.0. The van der Waals surface area contributed by atoms with Gasteiger partial charge in [-0.3, -0.25) is 14.8 Å². The van der Waals surface area contributed by atoms with Crippen LogP contribution in [-0.2, 0) is 6.54 Å². The number of fused-ring (bicyclic) bond motifs is 1. The number of pyridine rings is 1. The highest BCUT2D eigenvalue weighted by Crippen LogP contribution is 2.27. The number of carbonyl (C=O) groups is 2. The average molecular weight is 426 g/mol. The minimum Gasteiger partial charge on any atom is -0.394 e. The molecule has 0 spiro atoms. The van der Waals surface area contributed by atoms with Crippen LogP contribution in [0.5, 0.6) is 0 Å². The molecule has 1 aromatic carbocycles. The van der Waals surface area contributed by atoms with E-state index in [-0.39, 0.29) is 30.1 Å². The Balaban J connectivity index is 1.80. The second-order valence-electron chi connectivity index (χ2n) is 7.69. The van der Waals surface area contributed by atoms with E-state index in [4.69, 9.17) is 0 Å². The number of amides is 2. The number of aliphatic hydroxyl groups is 1. The molecule has 1 saturated heterocycles. The Bertz CT molecular complexity index is 1130. The molecule has 2 aromatic heterocycles. The third kappa shape index (κ3) is 4.01. The first-order chi connectivity index (χ1) is 14.9. The Morgan fingerprint density at radius 3 is 2.71 bits per heavy atom. The second-order valence-corrected chi connectivity index (χ2v) is 7.69. The van der Waals surface area contributed by atoms with Crippen LogP contribution in [0.1, 0.15) is 39.3 Å². The first-order valence-corrected chi connectivity index (χ1v) is 10.0. The van der Waals surface area contributed by atoms with Crippen molar-refractivity contribution in [1.82, 2.24) is 19.5 Å². The maximum atomic E-state index is 13.3. The molecule has 0 unspecified atom stereocenters. The summed E-state index contributed by atoms with van der Waals surface area (Å²) in [5.41, 5.74) is 1.85. The van der Waals surface area contributed by atoms with E-state index in [1.807, 2.05) is 4.57 Å². The number of halogens is 1. The van der Waals surface area contributed by atoms with Gasteiger partial charge in [-0.25, -0.2) is 14.4 Å². The molecule has 3 heterocycles. The number of aliphatic hydroxyl groups excluding tert-OH is 1. The lowest BCUT2D eigenvalue weighted by atomic mass is 10.1. The Morgan fingerprint density at radius 1 is 1.29 bits per heavy atom. The summed E-state index contributed by atoms with van der Waals surface area (Å²) in [4.78, 5) is 31.3. The highest BCUT2D eigenvalue weighted by Gasteiger charge is 2.31. The van der Waals surface area contributed by atoms with Crippen molar-refractivity contribution >= 4 is 22.7 Å². The zero-order chi connectivity index (χ0) is 22.1. The van der Waals surface area contributed by atoms with E-state index in [2.05, 4.69) is 4.98 Å². The van der Waals surface area contributed by atoms with Crippen molar-refractivity contribution < 1.29 is 24.3 Å². The monoisotopic (exact) mass is 426 g/mol.